The highest BCUT2D eigenvalue weighted by atomic mass is 32.2. The van der Waals surface area contributed by atoms with Crippen molar-refractivity contribution in [3.8, 4) is 28.4 Å². The zero-order valence-electron chi connectivity index (χ0n) is 23.7. The highest BCUT2D eigenvalue weighted by Gasteiger charge is 2.38. The number of rotatable bonds is 9. The maximum Gasteiger partial charge on any atom is 0.240 e. The summed E-state index contributed by atoms with van der Waals surface area (Å²) in [5.41, 5.74) is 5.40. The van der Waals surface area contributed by atoms with E-state index in [-0.39, 0.29) is 29.4 Å². The molecule has 0 aliphatic carbocycles. The molecule has 2 heterocycles. The van der Waals surface area contributed by atoms with Crippen molar-refractivity contribution in [2.24, 2.45) is 0 Å². The lowest BCUT2D eigenvalue weighted by Crippen LogP contribution is -2.42. The van der Waals surface area contributed by atoms with Gasteiger partial charge in [-0.2, -0.15) is 5.10 Å². The van der Waals surface area contributed by atoms with Crippen molar-refractivity contribution >= 4 is 29.4 Å². The lowest BCUT2D eigenvalue weighted by molar-refractivity contribution is -0.122. The van der Waals surface area contributed by atoms with Gasteiger partial charge in [-0.3, -0.25) is 14.5 Å². The second kappa shape index (κ2) is 12.5. The van der Waals surface area contributed by atoms with E-state index >= 15 is 0 Å². The summed E-state index contributed by atoms with van der Waals surface area (Å²) in [5, 5.41) is 7.79. The van der Waals surface area contributed by atoms with Gasteiger partial charge in [-0.05, 0) is 43.2 Å². The molecule has 0 fully saturated rings. The molecule has 212 valence electrons. The number of hydrogen-bond donors (Lipinski definition) is 1. The Morgan fingerprint density at radius 1 is 1.02 bits per heavy atom. The molecule has 41 heavy (non-hydrogen) atoms. The minimum Gasteiger partial charge on any atom is -0.493 e. The molecule has 9 heteroatoms. The molecule has 1 aliphatic rings. The van der Waals surface area contributed by atoms with Crippen LogP contribution in [0.25, 0.3) is 16.9 Å². The summed E-state index contributed by atoms with van der Waals surface area (Å²) in [5.74, 6) is 1.65. The third kappa shape index (κ3) is 5.81. The molecule has 8 nitrogen and oxygen atoms in total. The summed E-state index contributed by atoms with van der Waals surface area (Å²) in [4.78, 5) is 28.4. The number of thioether (sulfide) groups is 1. The number of amides is 2. The number of methoxy groups -OCH3 is 2. The Bertz CT molecular complexity index is 1540. The van der Waals surface area contributed by atoms with Gasteiger partial charge in [0.15, 0.2) is 11.5 Å². The van der Waals surface area contributed by atoms with Gasteiger partial charge in [0.25, 0.3) is 0 Å². The van der Waals surface area contributed by atoms with E-state index < -0.39 is 0 Å². The van der Waals surface area contributed by atoms with Crippen molar-refractivity contribution in [2.45, 2.75) is 25.5 Å². The Hall–Kier alpha value is -4.24. The Labute approximate surface area is 244 Å². The largest absolute Gasteiger partial charge is 0.493 e. The highest BCUT2D eigenvalue weighted by Crippen LogP contribution is 2.49. The SMILES string of the molecule is CCCNC(=O)CN1C(=O)CSC(c2ccc(OC)c(OC)c2)c2c(-c3ccccc3)nn(-c3ccc(C)cc3)c21. The number of hydrogen-bond acceptors (Lipinski definition) is 6. The number of carbonyl (C=O) groups excluding carboxylic acids is 2. The lowest BCUT2D eigenvalue weighted by Gasteiger charge is -2.23. The molecule has 0 bridgehead atoms. The quantitative estimate of drug-likeness (QED) is 0.284. The Morgan fingerprint density at radius 2 is 1.76 bits per heavy atom. The first kappa shape index (κ1) is 28.3. The van der Waals surface area contributed by atoms with Gasteiger partial charge in [-0.25, -0.2) is 4.68 Å². The number of aromatic nitrogens is 2. The second-order valence-electron chi connectivity index (χ2n) is 9.83. The fraction of sp³-hybridized carbons (Fsp3) is 0.281. The summed E-state index contributed by atoms with van der Waals surface area (Å²) in [7, 11) is 3.22. The van der Waals surface area contributed by atoms with Gasteiger partial charge < -0.3 is 14.8 Å². The molecule has 1 atom stereocenters. The van der Waals surface area contributed by atoms with E-state index in [1.165, 1.54) is 11.8 Å². The van der Waals surface area contributed by atoms with Gasteiger partial charge in [0.1, 0.15) is 12.4 Å². The smallest absolute Gasteiger partial charge is 0.240 e. The van der Waals surface area contributed by atoms with Crippen LogP contribution in [0.15, 0.2) is 72.8 Å². The van der Waals surface area contributed by atoms with Crippen molar-refractivity contribution in [2.75, 3.05) is 38.0 Å². The Kier molecular flexibility index (Phi) is 8.64. The van der Waals surface area contributed by atoms with E-state index in [9.17, 15) is 9.59 Å². The second-order valence-corrected chi connectivity index (χ2v) is 10.9. The number of anilines is 1. The first-order valence-corrected chi connectivity index (χ1v) is 14.7. The fourth-order valence-electron chi connectivity index (χ4n) is 4.94. The molecule has 0 spiro atoms. The third-order valence-electron chi connectivity index (χ3n) is 7.00. The van der Waals surface area contributed by atoms with Crippen LogP contribution in [-0.4, -0.2) is 54.7 Å². The standard InChI is InChI=1S/C32H34N4O4S/c1-5-17-33-27(37)19-35-28(38)20-41-31(23-13-16-25(39-3)26(18-23)40-4)29-30(22-9-7-6-8-10-22)34-36(32(29)35)24-14-11-21(2)12-15-24/h6-16,18,31H,5,17,19-20H2,1-4H3,(H,33,37). The van der Waals surface area contributed by atoms with Crippen molar-refractivity contribution in [1.82, 2.24) is 15.1 Å². The molecule has 2 amide bonds. The van der Waals surface area contributed by atoms with Crippen molar-refractivity contribution in [3.63, 3.8) is 0 Å². The Balaban J connectivity index is 1.78. The van der Waals surface area contributed by atoms with E-state index in [2.05, 4.69) is 5.32 Å². The lowest BCUT2D eigenvalue weighted by atomic mass is 9.99. The minimum atomic E-state index is -0.271. The first-order valence-electron chi connectivity index (χ1n) is 13.6. The van der Waals surface area contributed by atoms with Crippen molar-refractivity contribution in [1.29, 1.82) is 0 Å². The average molecular weight is 571 g/mol. The number of benzene rings is 3. The number of fused-ring (bicyclic) bond motifs is 1. The molecule has 4 aromatic rings. The van der Waals surface area contributed by atoms with E-state index in [4.69, 9.17) is 14.6 Å². The van der Waals surface area contributed by atoms with Gasteiger partial charge in [-0.1, -0.05) is 61.0 Å². The maximum atomic E-state index is 13.8. The van der Waals surface area contributed by atoms with Crippen LogP contribution in [0.5, 0.6) is 11.5 Å². The van der Waals surface area contributed by atoms with Crippen LogP contribution in [-0.2, 0) is 9.59 Å². The topological polar surface area (TPSA) is 85.7 Å². The first-order chi connectivity index (χ1) is 19.9. The van der Waals surface area contributed by atoms with E-state index in [1.54, 1.807) is 19.1 Å². The molecule has 1 N–H and O–H groups in total. The van der Waals surface area contributed by atoms with Crippen molar-refractivity contribution in [3.05, 3.63) is 89.5 Å². The minimum absolute atomic E-state index is 0.100. The van der Waals surface area contributed by atoms with E-state index in [1.807, 2.05) is 91.3 Å². The molecule has 0 saturated heterocycles. The normalized spacial score (nSPS) is 14.8. The third-order valence-corrected chi connectivity index (χ3v) is 8.25. The number of carbonyl (C=O) groups is 2. The molecule has 0 radical (unpaired) electrons. The molecular weight excluding hydrogens is 536 g/mol. The summed E-state index contributed by atoms with van der Waals surface area (Å²) >= 11 is 1.52. The highest BCUT2D eigenvalue weighted by molar-refractivity contribution is 8.00. The molecule has 1 unspecified atom stereocenters. The Morgan fingerprint density at radius 3 is 2.44 bits per heavy atom. The summed E-state index contributed by atoms with van der Waals surface area (Å²) < 4.78 is 12.9. The molecule has 3 aromatic carbocycles. The van der Waals surface area contributed by atoms with Gasteiger partial charge in [-0.15, -0.1) is 11.8 Å². The maximum absolute atomic E-state index is 13.8. The van der Waals surface area contributed by atoms with Crippen LogP contribution < -0.4 is 19.7 Å². The number of ether oxygens (including phenoxy) is 2. The zero-order chi connectivity index (χ0) is 28.9. The fourth-order valence-corrected chi connectivity index (χ4v) is 6.13. The van der Waals surface area contributed by atoms with Gasteiger partial charge >= 0.3 is 0 Å². The van der Waals surface area contributed by atoms with Crippen LogP contribution in [0.2, 0.25) is 0 Å². The van der Waals surface area contributed by atoms with Crippen molar-refractivity contribution < 1.29 is 19.1 Å². The van der Waals surface area contributed by atoms with Gasteiger partial charge in [0.2, 0.25) is 11.8 Å². The van der Waals surface area contributed by atoms with Crippen LogP contribution in [0.4, 0.5) is 5.82 Å². The van der Waals surface area contributed by atoms with Crippen LogP contribution >= 0.6 is 11.8 Å². The van der Waals surface area contributed by atoms with E-state index in [0.717, 1.165) is 40.1 Å². The molecule has 1 aromatic heterocycles. The molecule has 5 rings (SSSR count). The predicted molar refractivity (Wildman–Crippen MR) is 163 cm³/mol. The number of nitrogens with zero attached hydrogens (tertiary/aromatic N) is 3. The summed E-state index contributed by atoms with van der Waals surface area (Å²) in [6.45, 7) is 4.47. The zero-order valence-corrected chi connectivity index (χ0v) is 24.5. The summed E-state index contributed by atoms with van der Waals surface area (Å²) in [6.07, 6.45) is 0.807. The van der Waals surface area contributed by atoms with Crippen LogP contribution in [0.3, 0.4) is 0 Å². The number of aryl methyl sites for hydroxylation is 1. The monoisotopic (exact) mass is 570 g/mol. The molecular formula is C32H34N4O4S. The van der Waals surface area contributed by atoms with Crippen LogP contribution in [0, 0.1) is 6.92 Å². The van der Waals surface area contributed by atoms with Crippen LogP contribution in [0.1, 0.15) is 35.3 Å². The summed E-state index contributed by atoms with van der Waals surface area (Å²) in [6, 6.07) is 23.8. The van der Waals surface area contributed by atoms with Gasteiger partial charge in [0.05, 0.1) is 36.6 Å². The van der Waals surface area contributed by atoms with Gasteiger partial charge in [0, 0.05) is 17.7 Å². The molecule has 0 saturated carbocycles. The predicted octanol–water partition coefficient (Wildman–Crippen LogP) is 5.56. The molecule has 1 aliphatic heterocycles. The average Bonchev–Trinajstić information content (AvgIpc) is 3.33. The number of nitrogens with one attached hydrogen (secondary N) is 1. The van der Waals surface area contributed by atoms with E-state index in [0.29, 0.717) is 23.9 Å².